The Labute approximate surface area is 90.2 Å². The summed E-state index contributed by atoms with van der Waals surface area (Å²) in [5.41, 5.74) is 6.09. The lowest BCUT2D eigenvalue weighted by Crippen LogP contribution is -2.32. The Kier molecular flexibility index (Phi) is 6.01. The number of hydrogen-bond donors (Lipinski definition) is 2. The average Bonchev–Trinajstić information content (AvgIpc) is 2.17. The Morgan fingerprint density at radius 1 is 1.60 bits per heavy atom. The Balaban J connectivity index is 4.40. The first kappa shape index (κ1) is 13.4. The van der Waals surface area contributed by atoms with Crippen molar-refractivity contribution in [1.29, 1.82) is 0 Å². The first-order chi connectivity index (χ1) is 6.97. The summed E-state index contributed by atoms with van der Waals surface area (Å²) in [6, 6.07) is 0. The third-order valence-corrected chi connectivity index (χ3v) is 1.87. The van der Waals surface area contributed by atoms with Gasteiger partial charge in [0.05, 0.1) is 6.54 Å². The number of primary amides is 1. The van der Waals surface area contributed by atoms with E-state index in [0.717, 1.165) is 5.57 Å². The number of guanidine groups is 1. The summed E-state index contributed by atoms with van der Waals surface area (Å²) in [6.07, 6.45) is 1.70. The zero-order valence-electron chi connectivity index (χ0n) is 9.45. The minimum Gasteiger partial charge on any atom is -0.368 e. The predicted molar refractivity (Wildman–Crippen MR) is 62.8 cm³/mol. The van der Waals surface area contributed by atoms with Crippen molar-refractivity contribution in [2.24, 2.45) is 21.6 Å². The van der Waals surface area contributed by atoms with E-state index >= 15 is 0 Å². The monoisotopic (exact) mass is 210 g/mol. The zero-order chi connectivity index (χ0) is 11.8. The number of rotatable bonds is 4. The standard InChI is InChI=1S/C10H18N4O/c1-7(2)8(3)5-13-10(12-4)14-6-9(11)15/h5,7H,4,6H2,1-3H3,(H2,11,15)(H,13,14)/b8-5+. The minimum atomic E-state index is -0.462. The molecule has 0 heterocycles. The van der Waals surface area contributed by atoms with Crippen LogP contribution < -0.4 is 11.1 Å². The summed E-state index contributed by atoms with van der Waals surface area (Å²) in [5.74, 6) is 0.265. The average molecular weight is 210 g/mol. The number of allylic oxidation sites excluding steroid dienone is 1. The van der Waals surface area contributed by atoms with E-state index in [1.165, 1.54) is 0 Å². The number of aliphatic imine (C=N–C) groups is 2. The van der Waals surface area contributed by atoms with Gasteiger partial charge in [-0.05, 0) is 19.6 Å². The molecule has 0 spiro atoms. The Morgan fingerprint density at radius 3 is 2.60 bits per heavy atom. The third kappa shape index (κ3) is 6.42. The van der Waals surface area contributed by atoms with E-state index in [1.54, 1.807) is 6.20 Å². The van der Waals surface area contributed by atoms with Gasteiger partial charge in [0.15, 0.2) is 0 Å². The van der Waals surface area contributed by atoms with E-state index in [4.69, 9.17) is 5.73 Å². The second-order valence-electron chi connectivity index (χ2n) is 3.46. The van der Waals surface area contributed by atoms with Gasteiger partial charge in [-0.15, -0.1) is 0 Å². The summed E-state index contributed by atoms with van der Waals surface area (Å²) in [6.45, 7) is 9.46. The van der Waals surface area contributed by atoms with Gasteiger partial charge in [0.1, 0.15) is 0 Å². The molecule has 0 rings (SSSR count). The summed E-state index contributed by atoms with van der Waals surface area (Å²) in [5, 5.41) is 2.66. The molecule has 0 aliphatic heterocycles. The number of carbonyl (C=O) groups excluding carboxylic acids is 1. The summed E-state index contributed by atoms with van der Waals surface area (Å²) in [7, 11) is 0. The molecule has 84 valence electrons. The first-order valence-corrected chi connectivity index (χ1v) is 4.70. The van der Waals surface area contributed by atoms with Crippen LogP contribution in [0.4, 0.5) is 0 Å². The highest BCUT2D eigenvalue weighted by atomic mass is 16.1. The van der Waals surface area contributed by atoms with Crippen LogP contribution in [0.3, 0.4) is 0 Å². The van der Waals surface area contributed by atoms with Crippen molar-refractivity contribution < 1.29 is 4.79 Å². The highest BCUT2D eigenvalue weighted by Gasteiger charge is 1.98. The largest absolute Gasteiger partial charge is 0.368 e. The van der Waals surface area contributed by atoms with Crippen LogP contribution >= 0.6 is 0 Å². The second-order valence-corrected chi connectivity index (χ2v) is 3.46. The molecule has 5 heteroatoms. The van der Waals surface area contributed by atoms with E-state index in [2.05, 4.69) is 35.9 Å². The molecule has 0 saturated carbocycles. The molecule has 0 aromatic heterocycles. The summed E-state index contributed by atoms with van der Waals surface area (Å²) < 4.78 is 0. The molecule has 5 nitrogen and oxygen atoms in total. The Hall–Kier alpha value is -1.65. The quantitative estimate of drug-likeness (QED) is 0.528. The minimum absolute atomic E-state index is 0.00637. The number of nitrogens with one attached hydrogen (secondary N) is 1. The van der Waals surface area contributed by atoms with Crippen LogP contribution in [0.25, 0.3) is 0 Å². The number of nitrogens with two attached hydrogens (primary N) is 1. The molecule has 1 amide bonds. The molecule has 0 unspecified atom stereocenters. The van der Waals surface area contributed by atoms with Gasteiger partial charge in [0, 0.05) is 6.20 Å². The lowest BCUT2D eigenvalue weighted by molar-refractivity contribution is -0.116. The molecule has 0 bridgehead atoms. The molecule has 0 aromatic carbocycles. The summed E-state index contributed by atoms with van der Waals surface area (Å²) in [4.78, 5) is 18.2. The first-order valence-electron chi connectivity index (χ1n) is 4.70. The number of carbonyl (C=O) groups is 1. The smallest absolute Gasteiger partial charge is 0.236 e. The highest BCUT2D eigenvalue weighted by molar-refractivity contribution is 5.88. The third-order valence-electron chi connectivity index (χ3n) is 1.87. The van der Waals surface area contributed by atoms with Gasteiger partial charge in [-0.3, -0.25) is 4.79 Å². The van der Waals surface area contributed by atoms with Crippen molar-refractivity contribution in [3.05, 3.63) is 11.8 Å². The van der Waals surface area contributed by atoms with Crippen molar-refractivity contribution in [3.8, 4) is 0 Å². The molecule has 0 saturated heterocycles. The molecule has 0 aliphatic rings. The molecule has 3 N–H and O–H groups in total. The molecule has 0 fully saturated rings. The maximum atomic E-state index is 10.5. The summed E-state index contributed by atoms with van der Waals surface area (Å²) >= 11 is 0. The van der Waals surface area contributed by atoms with Crippen molar-refractivity contribution in [2.75, 3.05) is 6.54 Å². The zero-order valence-corrected chi connectivity index (χ0v) is 9.45. The molecule has 15 heavy (non-hydrogen) atoms. The van der Waals surface area contributed by atoms with E-state index in [1.807, 2.05) is 6.92 Å². The normalized spacial score (nSPS) is 12.8. The highest BCUT2D eigenvalue weighted by Crippen LogP contribution is 2.07. The van der Waals surface area contributed by atoms with Gasteiger partial charge in [-0.25, -0.2) is 9.98 Å². The molecule has 0 atom stereocenters. The van der Waals surface area contributed by atoms with Crippen LogP contribution in [-0.4, -0.2) is 25.1 Å². The van der Waals surface area contributed by atoms with Crippen molar-refractivity contribution >= 4 is 18.6 Å². The van der Waals surface area contributed by atoms with Gasteiger partial charge < -0.3 is 11.1 Å². The van der Waals surface area contributed by atoms with Crippen LogP contribution in [-0.2, 0) is 4.79 Å². The van der Waals surface area contributed by atoms with Gasteiger partial charge in [-0.1, -0.05) is 19.4 Å². The molecule has 0 aromatic rings. The number of amides is 1. The van der Waals surface area contributed by atoms with Gasteiger partial charge in [-0.2, -0.15) is 0 Å². The van der Waals surface area contributed by atoms with Crippen molar-refractivity contribution in [2.45, 2.75) is 20.8 Å². The van der Waals surface area contributed by atoms with Gasteiger partial charge >= 0.3 is 0 Å². The maximum Gasteiger partial charge on any atom is 0.236 e. The SMILES string of the molecule is C=N/C(=N\C=C(/C)C(C)C)NCC(N)=O. The predicted octanol–water partition coefficient (Wildman–Crippen LogP) is 0.678. The fourth-order valence-corrected chi connectivity index (χ4v) is 0.621. The molecule has 0 radical (unpaired) electrons. The number of nitrogens with zero attached hydrogens (tertiary/aromatic N) is 2. The van der Waals surface area contributed by atoms with E-state index in [-0.39, 0.29) is 6.54 Å². The van der Waals surface area contributed by atoms with Crippen LogP contribution in [0.2, 0.25) is 0 Å². The van der Waals surface area contributed by atoms with E-state index < -0.39 is 5.91 Å². The molecular formula is C10H18N4O. The maximum absolute atomic E-state index is 10.5. The van der Waals surface area contributed by atoms with Crippen LogP contribution in [0.15, 0.2) is 21.8 Å². The second kappa shape index (κ2) is 6.75. The van der Waals surface area contributed by atoms with Crippen LogP contribution in [0, 0.1) is 5.92 Å². The Morgan fingerprint density at radius 2 is 2.20 bits per heavy atom. The lowest BCUT2D eigenvalue weighted by atomic mass is 10.1. The Bertz CT molecular complexity index is 292. The van der Waals surface area contributed by atoms with Crippen LogP contribution in [0.1, 0.15) is 20.8 Å². The van der Waals surface area contributed by atoms with Crippen molar-refractivity contribution in [3.63, 3.8) is 0 Å². The van der Waals surface area contributed by atoms with E-state index in [0.29, 0.717) is 11.9 Å². The van der Waals surface area contributed by atoms with Crippen LogP contribution in [0.5, 0.6) is 0 Å². The number of hydrogen-bond acceptors (Lipinski definition) is 2. The topological polar surface area (TPSA) is 79.8 Å². The fraction of sp³-hybridized carbons (Fsp3) is 0.500. The molecule has 0 aliphatic carbocycles. The van der Waals surface area contributed by atoms with Gasteiger partial charge in [0.2, 0.25) is 11.9 Å². The fourth-order valence-electron chi connectivity index (χ4n) is 0.621. The van der Waals surface area contributed by atoms with Gasteiger partial charge in [0.25, 0.3) is 0 Å². The van der Waals surface area contributed by atoms with Crippen molar-refractivity contribution in [1.82, 2.24) is 5.32 Å². The lowest BCUT2D eigenvalue weighted by Gasteiger charge is -2.03. The van der Waals surface area contributed by atoms with E-state index in [9.17, 15) is 4.79 Å². The molecular weight excluding hydrogens is 192 g/mol.